The number of alkyl halides is 3. The van der Waals surface area contributed by atoms with E-state index in [4.69, 9.17) is 9.47 Å². The van der Waals surface area contributed by atoms with E-state index in [1.165, 1.54) is 7.11 Å². The van der Waals surface area contributed by atoms with Crippen LogP contribution in [0.5, 0.6) is 11.5 Å². The molecule has 1 aliphatic heterocycles. The Morgan fingerprint density at radius 1 is 1.29 bits per heavy atom. The van der Waals surface area contributed by atoms with Crippen LogP contribution in [0.15, 0.2) is 30.4 Å². The van der Waals surface area contributed by atoms with Gasteiger partial charge in [0.1, 0.15) is 0 Å². The van der Waals surface area contributed by atoms with Crippen molar-refractivity contribution >= 4 is 0 Å². The summed E-state index contributed by atoms with van der Waals surface area (Å²) in [6.07, 6.45) is 3.06. The monoisotopic (exact) mass is 341 g/mol. The van der Waals surface area contributed by atoms with E-state index >= 15 is 0 Å². The van der Waals surface area contributed by atoms with Gasteiger partial charge in [0.15, 0.2) is 18.1 Å². The largest absolute Gasteiger partial charge is 0.493 e. The van der Waals surface area contributed by atoms with Crippen molar-refractivity contribution in [3.05, 3.63) is 35.9 Å². The number of methoxy groups -OCH3 is 1. The second-order valence-electron chi connectivity index (χ2n) is 6.54. The summed E-state index contributed by atoms with van der Waals surface area (Å²) in [5.41, 5.74) is 0.834. The van der Waals surface area contributed by atoms with Crippen LogP contribution in [-0.4, -0.2) is 44.4 Å². The number of hydrogen-bond acceptors (Lipinski definition) is 3. The van der Waals surface area contributed by atoms with Crippen LogP contribution in [-0.2, 0) is 5.41 Å². The molecule has 1 heterocycles. The van der Waals surface area contributed by atoms with E-state index in [9.17, 15) is 13.2 Å². The van der Waals surface area contributed by atoms with Crippen LogP contribution >= 0.6 is 0 Å². The van der Waals surface area contributed by atoms with Gasteiger partial charge < -0.3 is 14.4 Å². The smallest absolute Gasteiger partial charge is 0.422 e. The van der Waals surface area contributed by atoms with Gasteiger partial charge in [-0.1, -0.05) is 18.2 Å². The third kappa shape index (κ3) is 3.11. The summed E-state index contributed by atoms with van der Waals surface area (Å²) in [6, 6.07) is 5.73. The van der Waals surface area contributed by atoms with Gasteiger partial charge in [-0.2, -0.15) is 13.2 Å². The van der Waals surface area contributed by atoms with Gasteiger partial charge in [-0.3, -0.25) is 0 Å². The molecule has 3 rings (SSSR count). The van der Waals surface area contributed by atoms with Crippen molar-refractivity contribution in [2.75, 3.05) is 27.3 Å². The number of ether oxygens (including phenoxy) is 2. The average Bonchev–Trinajstić information content (AvgIpc) is 2.91. The molecular weight excluding hydrogens is 319 g/mol. The van der Waals surface area contributed by atoms with Crippen molar-refractivity contribution in [2.24, 2.45) is 0 Å². The predicted octanol–water partition coefficient (Wildman–Crippen LogP) is 3.93. The first-order valence-corrected chi connectivity index (χ1v) is 8.12. The zero-order chi connectivity index (χ0) is 17.4. The number of fused-ring (bicyclic) bond motifs is 1. The first kappa shape index (κ1) is 17.1. The second-order valence-corrected chi connectivity index (χ2v) is 6.54. The Kier molecular flexibility index (Phi) is 4.51. The SMILES string of the molecule is COc1ccc([C@@]23C=CCC[C@@H]2N(C)CC3)cc1OCC(F)(F)F. The number of allylic oxidation sites excluding steroid dienone is 1. The molecule has 132 valence electrons. The minimum Gasteiger partial charge on any atom is -0.493 e. The zero-order valence-electron chi connectivity index (χ0n) is 13.9. The van der Waals surface area contributed by atoms with Gasteiger partial charge in [0.2, 0.25) is 0 Å². The Hall–Kier alpha value is -1.69. The third-order valence-corrected chi connectivity index (χ3v) is 5.12. The number of hydrogen-bond donors (Lipinski definition) is 0. The van der Waals surface area contributed by atoms with Gasteiger partial charge in [-0.05, 0) is 50.6 Å². The van der Waals surface area contributed by atoms with Crippen LogP contribution < -0.4 is 9.47 Å². The third-order valence-electron chi connectivity index (χ3n) is 5.12. The van der Waals surface area contributed by atoms with Crippen LogP contribution in [0.25, 0.3) is 0 Å². The number of rotatable bonds is 4. The van der Waals surface area contributed by atoms with Gasteiger partial charge in [-0.15, -0.1) is 0 Å². The number of nitrogens with zero attached hydrogens (tertiary/aromatic N) is 1. The fraction of sp³-hybridized carbons (Fsp3) is 0.556. The molecule has 1 aromatic carbocycles. The average molecular weight is 341 g/mol. The maximum atomic E-state index is 12.5. The number of halogens is 3. The molecule has 0 spiro atoms. The molecule has 0 unspecified atom stereocenters. The molecule has 2 atom stereocenters. The van der Waals surface area contributed by atoms with Crippen molar-refractivity contribution in [1.82, 2.24) is 4.90 Å². The highest BCUT2D eigenvalue weighted by Gasteiger charge is 2.46. The highest BCUT2D eigenvalue weighted by Crippen LogP contribution is 2.47. The Bertz CT molecular complexity index is 629. The summed E-state index contributed by atoms with van der Waals surface area (Å²) in [5, 5.41) is 0. The zero-order valence-corrected chi connectivity index (χ0v) is 13.9. The van der Waals surface area contributed by atoms with E-state index in [0.29, 0.717) is 11.8 Å². The molecule has 1 aliphatic carbocycles. The van der Waals surface area contributed by atoms with Gasteiger partial charge in [-0.25, -0.2) is 0 Å². The number of likely N-dealkylation sites (tertiary alicyclic amines) is 1. The lowest BCUT2D eigenvalue weighted by molar-refractivity contribution is -0.153. The lowest BCUT2D eigenvalue weighted by Gasteiger charge is -2.38. The molecule has 0 radical (unpaired) electrons. The van der Waals surface area contributed by atoms with Crippen molar-refractivity contribution in [2.45, 2.75) is 36.9 Å². The minimum absolute atomic E-state index is 0.147. The highest BCUT2D eigenvalue weighted by molar-refractivity contribution is 5.48. The Morgan fingerprint density at radius 3 is 2.79 bits per heavy atom. The standard InChI is InChI=1S/C18H22F3NO2/c1-22-10-9-17(8-4-3-5-16(17)22)13-6-7-14(23-2)15(11-13)24-12-18(19,20)21/h4,6-8,11,16H,3,5,9-10,12H2,1-2H3/t16-,17-/m0/s1. The van der Waals surface area contributed by atoms with Crippen molar-refractivity contribution in [3.8, 4) is 11.5 Å². The van der Waals surface area contributed by atoms with Crippen molar-refractivity contribution in [3.63, 3.8) is 0 Å². The highest BCUT2D eigenvalue weighted by atomic mass is 19.4. The minimum atomic E-state index is -4.37. The van der Waals surface area contributed by atoms with Crippen molar-refractivity contribution in [1.29, 1.82) is 0 Å². The van der Waals surface area contributed by atoms with E-state index in [0.717, 1.165) is 31.4 Å². The van der Waals surface area contributed by atoms with Crippen LogP contribution in [0.3, 0.4) is 0 Å². The molecule has 1 aromatic rings. The molecule has 0 saturated carbocycles. The molecule has 0 bridgehead atoms. The topological polar surface area (TPSA) is 21.7 Å². The van der Waals surface area contributed by atoms with E-state index in [1.54, 1.807) is 12.1 Å². The first-order valence-electron chi connectivity index (χ1n) is 8.12. The quantitative estimate of drug-likeness (QED) is 0.775. The Balaban J connectivity index is 1.96. The Labute approximate surface area is 140 Å². The van der Waals surface area contributed by atoms with Crippen molar-refractivity contribution < 1.29 is 22.6 Å². The lowest BCUT2D eigenvalue weighted by atomic mass is 9.70. The lowest BCUT2D eigenvalue weighted by Crippen LogP contribution is -2.41. The molecular formula is C18H22F3NO2. The fourth-order valence-corrected chi connectivity index (χ4v) is 3.97. The van der Waals surface area contributed by atoms with Gasteiger partial charge >= 0.3 is 6.18 Å². The molecule has 0 amide bonds. The maximum absolute atomic E-state index is 12.5. The molecule has 6 heteroatoms. The van der Waals surface area contributed by atoms with Crippen LogP contribution in [0, 0.1) is 0 Å². The molecule has 3 nitrogen and oxygen atoms in total. The van der Waals surface area contributed by atoms with Gasteiger partial charge in [0, 0.05) is 11.5 Å². The van der Waals surface area contributed by atoms with Crippen LogP contribution in [0.4, 0.5) is 13.2 Å². The summed E-state index contributed by atoms with van der Waals surface area (Å²) >= 11 is 0. The molecule has 1 fully saturated rings. The maximum Gasteiger partial charge on any atom is 0.422 e. The fourth-order valence-electron chi connectivity index (χ4n) is 3.97. The number of benzene rings is 1. The summed E-state index contributed by atoms with van der Waals surface area (Å²) in [6.45, 7) is -0.348. The van der Waals surface area contributed by atoms with Gasteiger partial charge in [0.05, 0.1) is 7.11 Å². The van der Waals surface area contributed by atoms with E-state index in [1.807, 2.05) is 6.07 Å². The summed E-state index contributed by atoms with van der Waals surface area (Å²) in [5.74, 6) is 0.469. The molecule has 0 N–H and O–H groups in total. The van der Waals surface area contributed by atoms with E-state index in [2.05, 4.69) is 24.1 Å². The van der Waals surface area contributed by atoms with Gasteiger partial charge in [0.25, 0.3) is 0 Å². The number of likely N-dealkylation sites (N-methyl/N-ethyl adjacent to an activating group) is 1. The molecule has 0 aromatic heterocycles. The first-order chi connectivity index (χ1) is 11.4. The Morgan fingerprint density at radius 2 is 2.08 bits per heavy atom. The summed E-state index contributed by atoms with van der Waals surface area (Å²) in [4.78, 5) is 2.34. The second kappa shape index (κ2) is 6.31. The molecule has 2 aliphatic rings. The summed E-state index contributed by atoms with van der Waals surface area (Å²) in [7, 11) is 3.54. The van der Waals surface area contributed by atoms with Crippen LogP contribution in [0.2, 0.25) is 0 Å². The predicted molar refractivity (Wildman–Crippen MR) is 85.6 cm³/mol. The van der Waals surface area contributed by atoms with E-state index < -0.39 is 12.8 Å². The van der Waals surface area contributed by atoms with E-state index in [-0.39, 0.29) is 11.2 Å². The summed E-state index contributed by atoms with van der Waals surface area (Å²) < 4.78 is 47.7. The van der Waals surface area contributed by atoms with Crippen LogP contribution in [0.1, 0.15) is 24.8 Å². The normalized spacial score (nSPS) is 27.1. The molecule has 1 saturated heterocycles. The molecule has 24 heavy (non-hydrogen) atoms.